The SMILES string of the molecule is C/C=C\C(=C/CC)C1Oc2ccc3cc(OC)c(OC)cc3c2CC1[N+](=O)[O-]. The van der Waals surface area contributed by atoms with E-state index in [1.807, 2.05) is 56.3 Å². The fraction of sp³-hybridized carbons (Fsp3) is 0.364. The number of nitrogens with zero attached hydrogens (tertiary/aromatic N) is 1. The highest BCUT2D eigenvalue weighted by Crippen LogP contribution is 2.40. The van der Waals surface area contributed by atoms with Gasteiger partial charge in [0.05, 0.1) is 14.2 Å². The fourth-order valence-electron chi connectivity index (χ4n) is 3.73. The molecule has 2 unspecified atom stereocenters. The summed E-state index contributed by atoms with van der Waals surface area (Å²) < 4.78 is 17.0. The third-order valence-corrected chi connectivity index (χ3v) is 5.01. The van der Waals surface area contributed by atoms with Gasteiger partial charge in [0.25, 0.3) is 6.04 Å². The molecule has 1 heterocycles. The van der Waals surface area contributed by atoms with Crippen molar-refractivity contribution in [3.05, 3.63) is 63.7 Å². The van der Waals surface area contributed by atoms with Gasteiger partial charge in [0.1, 0.15) is 5.75 Å². The molecule has 0 spiro atoms. The van der Waals surface area contributed by atoms with Crippen molar-refractivity contribution in [2.45, 2.75) is 38.8 Å². The van der Waals surface area contributed by atoms with Crippen LogP contribution in [0.25, 0.3) is 10.8 Å². The molecule has 0 bridgehead atoms. The Labute approximate surface area is 164 Å². The highest BCUT2D eigenvalue weighted by Gasteiger charge is 2.40. The smallest absolute Gasteiger partial charge is 0.257 e. The number of ether oxygens (including phenoxy) is 3. The average Bonchev–Trinajstić information content (AvgIpc) is 2.71. The lowest BCUT2D eigenvalue weighted by molar-refractivity contribution is -0.531. The van der Waals surface area contributed by atoms with Gasteiger partial charge < -0.3 is 14.2 Å². The predicted molar refractivity (Wildman–Crippen MR) is 109 cm³/mol. The predicted octanol–water partition coefficient (Wildman–Crippen LogP) is 4.72. The number of benzene rings is 2. The average molecular weight is 383 g/mol. The summed E-state index contributed by atoms with van der Waals surface area (Å²) in [6.45, 7) is 3.91. The molecule has 0 radical (unpaired) electrons. The Balaban J connectivity index is 2.15. The van der Waals surface area contributed by atoms with Crippen LogP contribution in [-0.2, 0) is 6.42 Å². The number of methoxy groups -OCH3 is 2. The molecule has 0 N–H and O–H groups in total. The van der Waals surface area contributed by atoms with E-state index in [4.69, 9.17) is 14.2 Å². The number of fused-ring (bicyclic) bond motifs is 3. The summed E-state index contributed by atoms with van der Waals surface area (Å²) in [5.74, 6) is 1.88. The van der Waals surface area contributed by atoms with Gasteiger partial charge in [-0.1, -0.05) is 31.2 Å². The molecule has 6 nitrogen and oxygen atoms in total. The highest BCUT2D eigenvalue weighted by molar-refractivity contribution is 5.91. The summed E-state index contributed by atoms with van der Waals surface area (Å²) in [6, 6.07) is 6.71. The molecular weight excluding hydrogens is 358 g/mol. The first-order chi connectivity index (χ1) is 13.5. The molecule has 3 rings (SSSR count). The summed E-state index contributed by atoms with van der Waals surface area (Å²) in [7, 11) is 3.16. The second-order valence-electron chi connectivity index (χ2n) is 6.68. The molecule has 0 saturated carbocycles. The van der Waals surface area contributed by atoms with E-state index >= 15 is 0 Å². The molecule has 2 aromatic rings. The second-order valence-corrected chi connectivity index (χ2v) is 6.68. The van der Waals surface area contributed by atoms with Crippen molar-refractivity contribution in [1.82, 2.24) is 0 Å². The monoisotopic (exact) mass is 383 g/mol. The zero-order valence-electron chi connectivity index (χ0n) is 16.6. The zero-order chi connectivity index (χ0) is 20.3. The van der Waals surface area contributed by atoms with Gasteiger partial charge in [-0.05, 0) is 47.9 Å². The molecule has 0 aromatic heterocycles. The standard InChI is InChI=1S/C22H25NO5/c1-5-7-14(8-6-2)22-18(23(24)25)12-17-16-13-21(27-4)20(26-3)11-15(16)9-10-19(17)28-22/h5,7-11,13,18,22H,6,12H2,1-4H3/b7-5-,14-8+. The maximum atomic E-state index is 11.9. The molecule has 148 valence electrons. The number of hydrogen-bond donors (Lipinski definition) is 0. The van der Waals surface area contributed by atoms with Crippen LogP contribution in [0, 0.1) is 10.1 Å². The van der Waals surface area contributed by atoms with E-state index in [1.54, 1.807) is 14.2 Å². The lowest BCUT2D eigenvalue weighted by atomic mass is 9.89. The van der Waals surface area contributed by atoms with Gasteiger partial charge in [-0.3, -0.25) is 10.1 Å². The highest BCUT2D eigenvalue weighted by atomic mass is 16.6. The summed E-state index contributed by atoms with van der Waals surface area (Å²) in [5.41, 5.74) is 1.66. The Kier molecular flexibility index (Phi) is 5.87. The Morgan fingerprint density at radius 3 is 2.61 bits per heavy atom. The maximum absolute atomic E-state index is 11.9. The third kappa shape index (κ3) is 3.54. The van der Waals surface area contributed by atoms with Crippen molar-refractivity contribution in [2.24, 2.45) is 0 Å². The van der Waals surface area contributed by atoms with Crippen LogP contribution in [0.4, 0.5) is 0 Å². The molecular formula is C22H25NO5. The topological polar surface area (TPSA) is 70.8 Å². The molecule has 28 heavy (non-hydrogen) atoms. The van der Waals surface area contributed by atoms with Crippen molar-refractivity contribution in [3.8, 4) is 17.2 Å². The van der Waals surface area contributed by atoms with Crippen LogP contribution in [0.5, 0.6) is 17.2 Å². The molecule has 1 aliphatic rings. The Morgan fingerprint density at radius 2 is 2.00 bits per heavy atom. The number of rotatable bonds is 6. The van der Waals surface area contributed by atoms with Gasteiger partial charge in [0.15, 0.2) is 17.6 Å². The van der Waals surface area contributed by atoms with Crippen molar-refractivity contribution < 1.29 is 19.1 Å². The minimum atomic E-state index is -0.861. The third-order valence-electron chi connectivity index (χ3n) is 5.01. The molecule has 0 saturated heterocycles. The van der Waals surface area contributed by atoms with Gasteiger partial charge in [-0.15, -0.1) is 0 Å². The maximum Gasteiger partial charge on any atom is 0.257 e. The fourth-order valence-corrected chi connectivity index (χ4v) is 3.73. The molecule has 6 heteroatoms. The van der Waals surface area contributed by atoms with E-state index in [0.717, 1.165) is 28.3 Å². The number of hydrogen-bond acceptors (Lipinski definition) is 5. The van der Waals surface area contributed by atoms with E-state index in [-0.39, 0.29) is 4.92 Å². The Bertz CT molecular complexity index is 948. The van der Waals surface area contributed by atoms with E-state index < -0.39 is 12.1 Å². The van der Waals surface area contributed by atoms with Gasteiger partial charge >= 0.3 is 0 Å². The molecule has 1 aliphatic heterocycles. The largest absolute Gasteiger partial charge is 0.493 e. The molecule has 0 amide bonds. The minimum absolute atomic E-state index is 0.236. The molecule has 0 aliphatic carbocycles. The normalized spacial score (nSPS) is 19.4. The van der Waals surface area contributed by atoms with Crippen molar-refractivity contribution in [1.29, 1.82) is 0 Å². The lowest BCUT2D eigenvalue weighted by Gasteiger charge is -2.30. The Hall–Kier alpha value is -3.02. The van der Waals surface area contributed by atoms with Crippen LogP contribution in [-0.4, -0.2) is 31.3 Å². The number of allylic oxidation sites excluding steroid dienone is 2. The first-order valence-electron chi connectivity index (χ1n) is 9.34. The van der Waals surface area contributed by atoms with Crippen LogP contribution < -0.4 is 14.2 Å². The van der Waals surface area contributed by atoms with Crippen LogP contribution in [0.1, 0.15) is 25.8 Å². The van der Waals surface area contributed by atoms with E-state index in [1.165, 1.54) is 0 Å². The first kappa shape index (κ1) is 19.7. The first-order valence-corrected chi connectivity index (χ1v) is 9.34. The summed E-state index contributed by atoms with van der Waals surface area (Å²) in [5, 5.41) is 13.7. The van der Waals surface area contributed by atoms with Gasteiger partial charge in [-0.25, -0.2) is 0 Å². The van der Waals surface area contributed by atoms with Gasteiger partial charge in [0.2, 0.25) is 0 Å². The quantitative estimate of drug-likeness (QED) is 0.410. The van der Waals surface area contributed by atoms with Crippen molar-refractivity contribution in [3.63, 3.8) is 0 Å². The number of nitro groups is 1. The van der Waals surface area contributed by atoms with Crippen LogP contribution in [0.3, 0.4) is 0 Å². The lowest BCUT2D eigenvalue weighted by Crippen LogP contribution is -2.43. The second kappa shape index (κ2) is 8.33. The molecule has 2 aromatic carbocycles. The van der Waals surface area contributed by atoms with Crippen LogP contribution >= 0.6 is 0 Å². The summed E-state index contributed by atoms with van der Waals surface area (Å²) >= 11 is 0. The minimum Gasteiger partial charge on any atom is -0.493 e. The van der Waals surface area contributed by atoms with E-state index in [9.17, 15) is 10.1 Å². The molecule has 2 atom stereocenters. The van der Waals surface area contributed by atoms with Crippen molar-refractivity contribution in [2.75, 3.05) is 14.2 Å². The Morgan fingerprint density at radius 1 is 1.29 bits per heavy atom. The van der Waals surface area contributed by atoms with E-state index in [2.05, 4.69) is 0 Å². The van der Waals surface area contributed by atoms with E-state index in [0.29, 0.717) is 23.7 Å². The zero-order valence-corrected chi connectivity index (χ0v) is 16.6. The summed E-state index contributed by atoms with van der Waals surface area (Å²) in [4.78, 5) is 11.6. The summed E-state index contributed by atoms with van der Waals surface area (Å²) in [6.07, 6.45) is 6.22. The molecule has 0 fully saturated rings. The van der Waals surface area contributed by atoms with Gasteiger partial charge in [0, 0.05) is 16.9 Å². The van der Waals surface area contributed by atoms with Gasteiger partial charge in [-0.2, -0.15) is 0 Å². The van der Waals surface area contributed by atoms with Crippen LogP contribution in [0.2, 0.25) is 0 Å². The van der Waals surface area contributed by atoms with Crippen LogP contribution in [0.15, 0.2) is 48.1 Å². The van der Waals surface area contributed by atoms with Crippen molar-refractivity contribution >= 4 is 10.8 Å².